The molecule has 5 N–H and O–H groups in total. The number of hydrogen-bond donors (Lipinski definition) is 4. The number of nitrogens with two attached hydrogens (primary N) is 1. The molecule has 0 amide bonds. The van der Waals surface area contributed by atoms with Crippen LogP contribution >= 0.6 is 0 Å². The van der Waals surface area contributed by atoms with Crippen LogP contribution in [0.4, 0.5) is 0 Å². The molecule has 0 aromatic heterocycles. The predicted molar refractivity (Wildman–Crippen MR) is 31.1 cm³/mol. The molecule has 0 spiro atoms. The molecule has 10 heavy (non-hydrogen) atoms. The van der Waals surface area contributed by atoms with Crippen molar-refractivity contribution in [2.75, 3.05) is 6.61 Å². The van der Waals surface area contributed by atoms with Gasteiger partial charge in [0.1, 0.15) is 18.4 Å². The zero-order valence-corrected chi connectivity index (χ0v) is 5.27. The van der Waals surface area contributed by atoms with Crippen LogP contribution in [0.3, 0.4) is 0 Å². The van der Waals surface area contributed by atoms with E-state index in [9.17, 15) is 0 Å². The molecule has 0 bridgehead atoms. The first kappa shape index (κ1) is 7.90. The Labute approximate surface area is 58.0 Å². The van der Waals surface area contributed by atoms with Crippen molar-refractivity contribution in [1.82, 2.24) is 0 Å². The van der Waals surface area contributed by atoms with E-state index in [2.05, 4.69) is 0 Å². The first-order chi connectivity index (χ1) is 4.63. The predicted octanol–water partition coefficient (Wildman–Crippen LogP) is -2.07. The molecule has 5 heteroatoms. The number of hydrogen-bond acceptors (Lipinski definition) is 5. The standard InChI is InChI=1S/C5H10NO4/c6-5(9)4-3(8)2(7)1-10-4/h2,4-5,7-9H,1,6H2/t2-,4-,5?/m0/s1. The third-order valence-electron chi connectivity index (χ3n) is 1.38. The van der Waals surface area contributed by atoms with E-state index in [4.69, 9.17) is 25.8 Å². The van der Waals surface area contributed by atoms with Crippen molar-refractivity contribution in [2.45, 2.75) is 18.4 Å². The van der Waals surface area contributed by atoms with Crippen LogP contribution in [0.1, 0.15) is 0 Å². The van der Waals surface area contributed by atoms with Gasteiger partial charge >= 0.3 is 0 Å². The summed E-state index contributed by atoms with van der Waals surface area (Å²) in [5.74, 6) is 0. The lowest BCUT2D eigenvalue weighted by Crippen LogP contribution is -2.38. The number of aliphatic hydroxyl groups excluding tert-OH is 3. The van der Waals surface area contributed by atoms with E-state index in [1.54, 1.807) is 0 Å². The maximum absolute atomic E-state index is 8.93. The number of aliphatic hydroxyl groups is 3. The Kier molecular flexibility index (Phi) is 2.22. The van der Waals surface area contributed by atoms with Gasteiger partial charge in [0.2, 0.25) is 0 Å². The second kappa shape index (κ2) is 2.81. The molecule has 1 fully saturated rings. The largest absolute Gasteiger partial charge is 0.387 e. The lowest BCUT2D eigenvalue weighted by Gasteiger charge is -2.15. The summed E-state index contributed by atoms with van der Waals surface area (Å²) in [6, 6.07) is 0. The fraction of sp³-hybridized carbons (Fsp3) is 0.800. The van der Waals surface area contributed by atoms with Crippen LogP contribution in [0.15, 0.2) is 0 Å². The highest BCUT2D eigenvalue weighted by molar-refractivity contribution is 5.00. The third kappa shape index (κ3) is 1.28. The fourth-order valence-corrected chi connectivity index (χ4v) is 0.829. The first-order valence-corrected chi connectivity index (χ1v) is 2.92. The molecule has 1 saturated heterocycles. The molecule has 1 rings (SSSR count). The Morgan fingerprint density at radius 1 is 1.70 bits per heavy atom. The van der Waals surface area contributed by atoms with Crippen molar-refractivity contribution in [3.05, 3.63) is 6.10 Å². The van der Waals surface area contributed by atoms with Gasteiger partial charge in [0.25, 0.3) is 0 Å². The Balaban J connectivity index is 2.49. The molecular weight excluding hydrogens is 138 g/mol. The summed E-state index contributed by atoms with van der Waals surface area (Å²) >= 11 is 0. The van der Waals surface area contributed by atoms with Gasteiger partial charge in [-0.05, 0) is 0 Å². The summed E-state index contributed by atoms with van der Waals surface area (Å²) in [7, 11) is 0. The van der Waals surface area contributed by atoms with E-state index in [1.165, 1.54) is 0 Å². The van der Waals surface area contributed by atoms with Crippen LogP contribution in [0, 0.1) is 6.10 Å². The summed E-state index contributed by atoms with van der Waals surface area (Å²) in [5.41, 5.74) is 4.99. The van der Waals surface area contributed by atoms with Gasteiger partial charge in [-0.25, -0.2) is 0 Å². The normalized spacial score (nSPS) is 38.4. The van der Waals surface area contributed by atoms with Crippen LogP contribution in [-0.2, 0) is 4.74 Å². The molecule has 5 nitrogen and oxygen atoms in total. The topological polar surface area (TPSA) is 95.9 Å². The lowest BCUT2D eigenvalue weighted by atomic mass is 10.1. The van der Waals surface area contributed by atoms with Gasteiger partial charge in [0.15, 0.2) is 6.10 Å². The van der Waals surface area contributed by atoms with E-state index >= 15 is 0 Å². The summed E-state index contributed by atoms with van der Waals surface area (Å²) in [6.45, 7) is -0.00917. The fourth-order valence-electron chi connectivity index (χ4n) is 0.829. The van der Waals surface area contributed by atoms with Crippen molar-refractivity contribution in [1.29, 1.82) is 0 Å². The van der Waals surface area contributed by atoms with E-state index < -0.39 is 18.4 Å². The van der Waals surface area contributed by atoms with Crippen molar-refractivity contribution >= 4 is 0 Å². The molecule has 3 atom stereocenters. The second-order valence-electron chi connectivity index (χ2n) is 2.19. The smallest absolute Gasteiger partial charge is 0.156 e. The highest BCUT2D eigenvalue weighted by atomic mass is 16.5. The van der Waals surface area contributed by atoms with Gasteiger partial charge < -0.3 is 25.8 Å². The van der Waals surface area contributed by atoms with E-state index in [1.807, 2.05) is 0 Å². The monoisotopic (exact) mass is 148 g/mol. The van der Waals surface area contributed by atoms with Gasteiger partial charge in [-0.15, -0.1) is 0 Å². The molecule has 59 valence electrons. The van der Waals surface area contributed by atoms with Gasteiger partial charge in [0, 0.05) is 0 Å². The van der Waals surface area contributed by atoms with E-state index in [0.29, 0.717) is 0 Å². The summed E-state index contributed by atoms with van der Waals surface area (Å²) < 4.78 is 4.73. The SMILES string of the molecule is NC(O)[C@H]1OC[C@H](O)[C]1O. The Hall–Kier alpha value is -0.200. The average Bonchev–Trinajstić information content (AvgIpc) is 2.14. The second-order valence-corrected chi connectivity index (χ2v) is 2.19. The van der Waals surface area contributed by atoms with Gasteiger partial charge in [0.05, 0.1) is 6.61 Å². The summed E-state index contributed by atoms with van der Waals surface area (Å²) in [6.07, 6.45) is -3.51. The molecule has 1 aliphatic heterocycles. The van der Waals surface area contributed by atoms with Crippen LogP contribution < -0.4 is 5.73 Å². The Morgan fingerprint density at radius 2 is 2.30 bits per heavy atom. The maximum Gasteiger partial charge on any atom is 0.156 e. The Bertz CT molecular complexity index is 118. The first-order valence-electron chi connectivity index (χ1n) is 2.92. The maximum atomic E-state index is 8.93. The van der Waals surface area contributed by atoms with Crippen molar-refractivity contribution in [3.63, 3.8) is 0 Å². The minimum atomic E-state index is -1.27. The number of rotatable bonds is 1. The highest BCUT2D eigenvalue weighted by Crippen LogP contribution is 2.21. The zero-order valence-electron chi connectivity index (χ0n) is 5.27. The molecule has 0 saturated carbocycles. The van der Waals surface area contributed by atoms with Gasteiger partial charge in [-0.2, -0.15) is 0 Å². The molecule has 1 unspecified atom stereocenters. The average molecular weight is 148 g/mol. The number of ether oxygens (including phenoxy) is 1. The molecule has 1 heterocycles. The lowest BCUT2D eigenvalue weighted by molar-refractivity contribution is -0.0122. The molecule has 1 aliphatic rings. The third-order valence-corrected chi connectivity index (χ3v) is 1.38. The van der Waals surface area contributed by atoms with Gasteiger partial charge in [-0.3, -0.25) is 0 Å². The van der Waals surface area contributed by atoms with Crippen LogP contribution in [0.25, 0.3) is 0 Å². The van der Waals surface area contributed by atoms with E-state index in [-0.39, 0.29) is 12.7 Å². The van der Waals surface area contributed by atoms with Crippen molar-refractivity contribution < 1.29 is 20.1 Å². The van der Waals surface area contributed by atoms with Crippen LogP contribution in [0.2, 0.25) is 0 Å². The minimum absolute atomic E-state index is 0.00917. The van der Waals surface area contributed by atoms with Crippen LogP contribution in [0.5, 0.6) is 0 Å². The molecule has 0 aliphatic carbocycles. The quantitative estimate of drug-likeness (QED) is 0.320. The van der Waals surface area contributed by atoms with E-state index in [0.717, 1.165) is 0 Å². The minimum Gasteiger partial charge on any atom is -0.387 e. The van der Waals surface area contributed by atoms with Crippen LogP contribution in [-0.4, -0.2) is 40.4 Å². The zero-order chi connectivity index (χ0) is 7.72. The molecule has 0 aromatic carbocycles. The molecule has 0 aromatic rings. The van der Waals surface area contributed by atoms with Crippen molar-refractivity contribution in [3.8, 4) is 0 Å². The molecule has 1 radical (unpaired) electrons. The van der Waals surface area contributed by atoms with Gasteiger partial charge in [-0.1, -0.05) is 0 Å². The Morgan fingerprint density at radius 3 is 2.50 bits per heavy atom. The van der Waals surface area contributed by atoms with Crippen molar-refractivity contribution in [2.24, 2.45) is 5.73 Å². The summed E-state index contributed by atoms with van der Waals surface area (Å²) in [5, 5.41) is 26.5. The summed E-state index contributed by atoms with van der Waals surface area (Å²) in [4.78, 5) is 0. The molecular formula is C5H10NO4. The highest BCUT2D eigenvalue weighted by Gasteiger charge is 2.38.